The monoisotopic (exact) mass is 462 g/mol. The number of hydrogen-bond acceptors (Lipinski definition) is 6. The molecule has 0 fully saturated rings. The predicted molar refractivity (Wildman–Crippen MR) is 114 cm³/mol. The molecule has 1 aromatic carbocycles. The Kier molecular flexibility index (Phi) is 10.4. The molecule has 0 bridgehead atoms. The third kappa shape index (κ3) is 7.01. The summed E-state index contributed by atoms with van der Waals surface area (Å²) in [7, 11) is 3.13. The lowest BCUT2D eigenvalue weighted by Crippen LogP contribution is -2.21. The molecule has 0 spiro atoms. The number of benzene rings is 1. The number of rotatable bonds is 12. The van der Waals surface area contributed by atoms with E-state index < -0.39 is 12.6 Å². The lowest BCUT2D eigenvalue weighted by molar-refractivity contribution is -0.0796. The molecule has 162 valence electrons. The first-order valence-corrected chi connectivity index (χ1v) is 10.4. The summed E-state index contributed by atoms with van der Waals surface area (Å²) in [6, 6.07) is 0. The fourth-order valence-electron chi connectivity index (χ4n) is 2.42. The van der Waals surface area contributed by atoms with E-state index in [2.05, 4.69) is 43.6 Å². The molecule has 0 radical (unpaired) electrons. The molecule has 2 unspecified atom stereocenters. The summed E-state index contributed by atoms with van der Waals surface area (Å²) in [5, 5.41) is 0. The molecule has 1 aromatic rings. The molecule has 0 N–H and O–H groups in total. The van der Waals surface area contributed by atoms with E-state index >= 15 is 0 Å². The van der Waals surface area contributed by atoms with Gasteiger partial charge in [-0.1, -0.05) is 27.7 Å². The fraction of sp³-hybridized carbons (Fsp3) is 0.714. The summed E-state index contributed by atoms with van der Waals surface area (Å²) in [5.74, 6) is 2.77. The average molecular weight is 463 g/mol. The van der Waals surface area contributed by atoms with Gasteiger partial charge < -0.3 is 28.4 Å². The van der Waals surface area contributed by atoms with Crippen LogP contribution in [0.4, 0.5) is 0 Å². The molecule has 0 aromatic heterocycles. The summed E-state index contributed by atoms with van der Waals surface area (Å²) < 4.78 is 35.4. The van der Waals surface area contributed by atoms with Crippen LogP contribution in [-0.4, -0.2) is 40.0 Å². The van der Waals surface area contributed by atoms with Crippen LogP contribution in [0.25, 0.3) is 0 Å². The van der Waals surface area contributed by atoms with Crippen molar-refractivity contribution in [1.82, 2.24) is 0 Å². The van der Waals surface area contributed by atoms with Gasteiger partial charge in [0.25, 0.3) is 0 Å². The molecule has 6 nitrogen and oxygen atoms in total. The highest BCUT2D eigenvalue weighted by Gasteiger charge is 2.27. The zero-order chi connectivity index (χ0) is 21.4. The molecule has 0 aliphatic carbocycles. The van der Waals surface area contributed by atoms with E-state index in [0.717, 1.165) is 10.0 Å². The highest BCUT2D eigenvalue weighted by atomic mass is 79.9. The van der Waals surface area contributed by atoms with Crippen LogP contribution in [0.15, 0.2) is 4.47 Å². The largest absolute Gasteiger partial charge is 0.490 e. The Hall–Kier alpha value is -1.18. The zero-order valence-corrected chi connectivity index (χ0v) is 20.1. The normalized spacial score (nSPS) is 13.6. The van der Waals surface area contributed by atoms with Gasteiger partial charge in [-0.3, -0.25) is 0 Å². The summed E-state index contributed by atoms with van der Waals surface area (Å²) in [4.78, 5) is 0. The van der Waals surface area contributed by atoms with E-state index in [1.54, 1.807) is 14.2 Å². The van der Waals surface area contributed by atoms with Crippen molar-refractivity contribution in [3.8, 4) is 23.0 Å². The molecule has 0 heterocycles. The van der Waals surface area contributed by atoms with Gasteiger partial charge >= 0.3 is 0 Å². The Labute approximate surface area is 177 Å². The summed E-state index contributed by atoms with van der Waals surface area (Å²) >= 11 is 3.61. The molecule has 7 heteroatoms. The molecule has 0 saturated carbocycles. The van der Waals surface area contributed by atoms with Crippen LogP contribution < -0.4 is 18.9 Å². The first-order valence-electron chi connectivity index (χ1n) is 9.62. The Morgan fingerprint density at radius 1 is 0.679 bits per heavy atom. The second-order valence-electron chi connectivity index (χ2n) is 7.49. The van der Waals surface area contributed by atoms with E-state index in [1.807, 2.05) is 20.8 Å². The van der Waals surface area contributed by atoms with Gasteiger partial charge in [0.15, 0.2) is 24.1 Å². The third-order valence-corrected chi connectivity index (χ3v) is 4.75. The maximum absolute atomic E-state index is 6.04. The van der Waals surface area contributed by atoms with Gasteiger partial charge in [0, 0.05) is 5.56 Å². The van der Waals surface area contributed by atoms with Gasteiger partial charge in [0.05, 0.1) is 31.9 Å². The topological polar surface area (TPSA) is 55.4 Å². The Morgan fingerprint density at radius 3 is 1.46 bits per heavy atom. The molecule has 0 saturated heterocycles. The van der Waals surface area contributed by atoms with Crippen LogP contribution in [-0.2, 0) is 9.47 Å². The molecule has 0 aliphatic rings. The van der Waals surface area contributed by atoms with E-state index in [9.17, 15) is 0 Å². The van der Waals surface area contributed by atoms with Gasteiger partial charge in [-0.15, -0.1) is 0 Å². The fourth-order valence-corrected chi connectivity index (χ4v) is 2.87. The molecule has 0 amide bonds. The maximum Gasteiger partial charge on any atom is 0.208 e. The zero-order valence-electron chi connectivity index (χ0n) is 18.6. The maximum atomic E-state index is 6.04. The van der Waals surface area contributed by atoms with Crippen molar-refractivity contribution in [3.63, 3.8) is 0 Å². The van der Waals surface area contributed by atoms with Crippen molar-refractivity contribution >= 4 is 15.9 Å². The van der Waals surface area contributed by atoms with Crippen molar-refractivity contribution in [2.45, 2.75) is 61.0 Å². The smallest absolute Gasteiger partial charge is 0.208 e. The second kappa shape index (κ2) is 11.7. The average Bonchev–Trinajstić information content (AvgIpc) is 2.63. The van der Waals surface area contributed by atoms with Crippen molar-refractivity contribution in [2.75, 3.05) is 27.4 Å². The first-order chi connectivity index (χ1) is 13.1. The van der Waals surface area contributed by atoms with Gasteiger partial charge in [-0.2, -0.15) is 0 Å². The summed E-state index contributed by atoms with van der Waals surface area (Å²) in [5.41, 5.74) is 0.823. The quantitative estimate of drug-likeness (QED) is 0.378. The lowest BCUT2D eigenvalue weighted by atomic mass is 10.1. The highest BCUT2D eigenvalue weighted by Crippen LogP contribution is 2.52. The summed E-state index contributed by atoms with van der Waals surface area (Å²) in [6.07, 6.45) is -0.886. The molecular formula is C21H35BrO6. The SMILES string of the molecule is COc1c(OC(C)OCC(C)C)c(C)c(Br)c(OC(C)OCC(C)C)c1OC. The van der Waals surface area contributed by atoms with Crippen LogP contribution >= 0.6 is 15.9 Å². The standard InChI is InChI=1S/C21H35BrO6/c1-12(2)10-25-15(6)27-18-14(5)17(22)19(21(24-9)20(18)23-8)28-16(7)26-11-13(3)4/h12-13,15-16H,10-11H2,1-9H3. The Balaban J connectivity index is 3.19. The third-order valence-electron chi connectivity index (χ3n) is 3.79. The van der Waals surface area contributed by atoms with Crippen LogP contribution in [0, 0.1) is 18.8 Å². The lowest BCUT2D eigenvalue weighted by Gasteiger charge is -2.25. The van der Waals surface area contributed by atoms with Crippen LogP contribution in [0.2, 0.25) is 0 Å². The minimum absolute atomic E-state index is 0.413. The van der Waals surface area contributed by atoms with Crippen molar-refractivity contribution in [3.05, 3.63) is 10.0 Å². The van der Waals surface area contributed by atoms with Crippen LogP contribution in [0.1, 0.15) is 47.1 Å². The van der Waals surface area contributed by atoms with Crippen molar-refractivity contribution in [1.29, 1.82) is 0 Å². The molecular weight excluding hydrogens is 428 g/mol. The number of halogens is 1. The predicted octanol–water partition coefficient (Wildman–Crippen LogP) is 5.57. The molecule has 0 aliphatic heterocycles. The molecule has 1 rings (SSSR count). The van der Waals surface area contributed by atoms with Crippen molar-refractivity contribution in [2.24, 2.45) is 11.8 Å². The highest BCUT2D eigenvalue weighted by molar-refractivity contribution is 9.10. The Morgan fingerprint density at radius 2 is 1.07 bits per heavy atom. The summed E-state index contributed by atoms with van der Waals surface area (Å²) in [6.45, 7) is 15.2. The van der Waals surface area contributed by atoms with Gasteiger partial charge in [0.2, 0.25) is 11.5 Å². The number of ether oxygens (including phenoxy) is 6. The van der Waals surface area contributed by atoms with Gasteiger partial charge in [-0.05, 0) is 48.5 Å². The van der Waals surface area contributed by atoms with E-state index in [1.165, 1.54) is 0 Å². The minimum Gasteiger partial charge on any atom is -0.490 e. The number of methoxy groups -OCH3 is 2. The first kappa shape index (κ1) is 24.9. The minimum atomic E-state index is -0.447. The van der Waals surface area contributed by atoms with Crippen LogP contribution in [0.5, 0.6) is 23.0 Å². The van der Waals surface area contributed by atoms with E-state index in [-0.39, 0.29) is 0 Å². The van der Waals surface area contributed by atoms with Gasteiger partial charge in [-0.25, -0.2) is 0 Å². The van der Waals surface area contributed by atoms with E-state index in [0.29, 0.717) is 48.0 Å². The van der Waals surface area contributed by atoms with Crippen LogP contribution in [0.3, 0.4) is 0 Å². The van der Waals surface area contributed by atoms with Crippen molar-refractivity contribution < 1.29 is 28.4 Å². The number of hydrogen-bond donors (Lipinski definition) is 0. The Bertz CT molecular complexity index is 565. The van der Waals surface area contributed by atoms with E-state index in [4.69, 9.17) is 28.4 Å². The molecule has 2 atom stereocenters. The molecule has 28 heavy (non-hydrogen) atoms. The second-order valence-corrected chi connectivity index (χ2v) is 8.28. The van der Waals surface area contributed by atoms with Gasteiger partial charge in [0.1, 0.15) is 0 Å².